The van der Waals surface area contributed by atoms with Crippen LogP contribution in [0, 0.1) is 17.8 Å². The van der Waals surface area contributed by atoms with Gasteiger partial charge in [-0.25, -0.2) is 9.59 Å². The number of imide groups is 1. The summed E-state index contributed by atoms with van der Waals surface area (Å²) in [5.41, 5.74) is 0.128. The number of allylic oxidation sites excluding steroid dienone is 2. The molecule has 4 fully saturated rings. The smallest absolute Gasteiger partial charge is 0.409 e. The first-order chi connectivity index (χ1) is 40.3. The Morgan fingerprint density at radius 3 is 2.34 bits per heavy atom. The number of epoxide rings is 1. The maximum Gasteiger partial charge on any atom is 0.409 e. The summed E-state index contributed by atoms with van der Waals surface area (Å²) in [6.07, 6.45) is 2.83. The van der Waals surface area contributed by atoms with E-state index in [0.29, 0.717) is 61.8 Å². The van der Waals surface area contributed by atoms with Crippen molar-refractivity contribution in [3.05, 3.63) is 81.9 Å². The molecule has 0 radical (unpaired) electrons. The van der Waals surface area contributed by atoms with E-state index in [4.69, 9.17) is 35.3 Å². The summed E-state index contributed by atoms with van der Waals surface area (Å²) in [5, 5.41) is 19.3. The van der Waals surface area contributed by atoms with Gasteiger partial charge in [0.2, 0.25) is 35.4 Å². The fourth-order valence-corrected chi connectivity index (χ4v) is 12.6. The second kappa shape index (κ2) is 30.1. The largest absolute Gasteiger partial charge is 0.495 e. The molecule has 7 amide bonds. The Kier molecular flexibility index (Phi) is 23.9. The highest BCUT2D eigenvalue weighted by Gasteiger charge is 2.64. The molecule has 3 unspecified atom stereocenters. The number of carbonyl (C=O) groups excluding carboxylic acids is 10. The molecule has 0 bridgehead atoms. The number of cyclic esters (lactones) is 1. The summed E-state index contributed by atoms with van der Waals surface area (Å²) >= 11 is 7.91. The predicted molar refractivity (Wildman–Crippen MR) is 317 cm³/mol. The first-order valence-corrected chi connectivity index (χ1v) is 30.1. The van der Waals surface area contributed by atoms with Crippen LogP contribution in [0.4, 0.5) is 10.5 Å². The molecule has 1 saturated carbocycles. The van der Waals surface area contributed by atoms with Gasteiger partial charge >= 0.3 is 12.1 Å². The molecule has 0 spiro atoms. The van der Waals surface area contributed by atoms with Crippen LogP contribution in [0.15, 0.2) is 54.6 Å². The van der Waals surface area contributed by atoms with Crippen molar-refractivity contribution in [1.82, 2.24) is 25.8 Å². The van der Waals surface area contributed by atoms with E-state index in [1.54, 1.807) is 63.3 Å². The standard InChI is InChI=1S/C61H81ClN6O16S/c1-11-12-48(81-10)61(79)31-46(82-59(78)65-61)36(4)55-60(6,84-55)49(30-52(73)67(8)44-27-40(25-35(2)3)28-45(80-9)54(44)62)83-58(77)37(5)66(7)51(72)21-24-85-47-29-53(74)68(57(47)76)23-22-63-56(75)41-17-14-39(15-18-41)32-64-50(71)20-16-38-13-19-42(33-69)43(26-38)34-70/h11-13,19,26-28,33-34,36-37,39,41,46-49,55,79H,2,14-18,20-25,29-32H2,1,3-10H3,(H,63,75)(H,64,71)(H,65,78)/b12-11-/t36-,37+,39?,41?,46+,47?,48-,49?,55?,60+,61+/m1/s1. The predicted octanol–water partition coefficient (Wildman–Crippen LogP) is 5.70. The van der Waals surface area contributed by atoms with Crippen molar-refractivity contribution in [3.8, 4) is 5.75 Å². The summed E-state index contributed by atoms with van der Waals surface area (Å²) in [7, 11) is 5.80. The van der Waals surface area contributed by atoms with Gasteiger partial charge in [0.05, 0.1) is 30.6 Å². The number of thioether (sulfide) groups is 1. The average molecular weight is 1220 g/mol. The minimum Gasteiger partial charge on any atom is -0.495 e. The molecule has 4 N–H and O–H groups in total. The minimum absolute atomic E-state index is 0.0148. The van der Waals surface area contributed by atoms with Crippen molar-refractivity contribution in [2.24, 2.45) is 17.8 Å². The molecule has 6 rings (SSSR count). The Morgan fingerprint density at radius 1 is 0.988 bits per heavy atom. The van der Waals surface area contributed by atoms with Crippen LogP contribution in [-0.4, -0.2) is 176 Å². The van der Waals surface area contributed by atoms with Crippen LogP contribution in [0.2, 0.25) is 5.02 Å². The van der Waals surface area contributed by atoms with Gasteiger partial charge < -0.3 is 49.2 Å². The van der Waals surface area contributed by atoms with Crippen molar-refractivity contribution < 1.29 is 76.7 Å². The van der Waals surface area contributed by atoms with Crippen molar-refractivity contribution in [3.63, 3.8) is 0 Å². The molecular formula is C61H81ClN6O16S. The number of nitrogens with one attached hydrogen (secondary N) is 3. The lowest BCUT2D eigenvalue weighted by Gasteiger charge is -2.42. The summed E-state index contributed by atoms with van der Waals surface area (Å²) in [6.45, 7) is 13.0. The zero-order valence-corrected chi connectivity index (χ0v) is 51.5. The van der Waals surface area contributed by atoms with Crippen LogP contribution in [0.5, 0.6) is 5.75 Å². The van der Waals surface area contributed by atoms with Gasteiger partial charge in [-0.2, -0.15) is 0 Å². The van der Waals surface area contributed by atoms with Gasteiger partial charge in [0.25, 0.3) is 0 Å². The maximum atomic E-state index is 14.4. The number of amides is 7. The third-order valence-electron chi connectivity index (χ3n) is 16.6. The number of aryl methyl sites for hydroxylation is 1. The molecule has 24 heteroatoms. The number of likely N-dealkylation sites (tertiary alicyclic amines) is 1. The molecule has 464 valence electrons. The second-order valence-corrected chi connectivity index (χ2v) is 24.4. The van der Waals surface area contributed by atoms with E-state index in [0.717, 1.165) is 46.2 Å². The number of hydrogen-bond donors (Lipinski definition) is 4. The molecule has 3 aliphatic heterocycles. The molecule has 1 aliphatic carbocycles. The quantitative estimate of drug-likeness (QED) is 0.0240. The number of likely N-dealkylation sites (N-methyl/N-ethyl adjacent to an activating group) is 1. The molecule has 85 heavy (non-hydrogen) atoms. The van der Waals surface area contributed by atoms with Gasteiger partial charge in [-0.3, -0.25) is 48.6 Å². The van der Waals surface area contributed by atoms with Gasteiger partial charge in [-0.15, -0.1) is 11.8 Å². The first kappa shape index (κ1) is 67.5. The van der Waals surface area contributed by atoms with E-state index >= 15 is 0 Å². The number of anilines is 1. The monoisotopic (exact) mass is 1220 g/mol. The number of hydrogen-bond acceptors (Lipinski definition) is 17. The van der Waals surface area contributed by atoms with Crippen LogP contribution in [0.1, 0.15) is 124 Å². The van der Waals surface area contributed by atoms with Crippen molar-refractivity contribution in [2.45, 2.75) is 152 Å². The summed E-state index contributed by atoms with van der Waals surface area (Å²) in [6, 6.07) is 7.21. The molecular weight excluding hydrogens is 1140 g/mol. The number of carbonyl (C=O) groups is 10. The number of alkyl carbamates (subject to hydrolysis) is 1. The number of nitrogens with zero attached hydrogens (tertiary/aromatic N) is 3. The molecule has 2 aromatic rings. The van der Waals surface area contributed by atoms with Crippen LogP contribution < -0.4 is 25.6 Å². The van der Waals surface area contributed by atoms with E-state index in [9.17, 15) is 53.1 Å². The van der Waals surface area contributed by atoms with Crippen LogP contribution >= 0.6 is 23.4 Å². The molecule has 22 nitrogen and oxygen atoms in total. The van der Waals surface area contributed by atoms with Gasteiger partial charge in [-0.1, -0.05) is 55.0 Å². The highest BCUT2D eigenvalue weighted by molar-refractivity contribution is 8.00. The molecule has 0 aromatic heterocycles. The van der Waals surface area contributed by atoms with E-state index in [2.05, 4.69) is 22.5 Å². The van der Waals surface area contributed by atoms with E-state index in [-0.39, 0.29) is 78.8 Å². The second-order valence-electron chi connectivity index (χ2n) is 22.7. The normalized spacial score (nSPS) is 24.2. The Hall–Kier alpha value is -6.66. The van der Waals surface area contributed by atoms with Crippen molar-refractivity contribution in [2.75, 3.05) is 58.6 Å². The molecule has 4 aliphatic rings. The number of methoxy groups -OCH3 is 2. The third-order valence-corrected chi connectivity index (χ3v) is 18.2. The van der Waals surface area contributed by atoms with Crippen LogP contribution in [0.25, 0.3) is 0 Å². The summed E-state index contributed by atoms with van der Waals surface area (Å²) in [4.78, 5) is 133. The summed E-state index contributed by atoms with van der Waals surface area (Å²) < 4.78 is 29.2. The number of benzene rings is 2. The van der Waals surface area contributed by atoms with Gasteiger partial charge in [0, 0.05) is 95.2 Å². The highest BCUT2D eigenvalue weighted by Crippen LogP contribution is 2.49. The Labute approximate surface area is 505 Å². The zero-order chi connectivity index (χ0) is 62.5. The first-order valence-electron chi connectivity index (χ1n) is 28.6. The average Bonchev–Trinajstić information content (AvgIpc) is 1.70. The van der Waals surface area contributed by atoms with Gasteiger partial charge in [0.15, 0.2) is 18.3 Å². The number of aldehydes is 2. The highest BCUT2D eigenvalue weighted by atomic mass is 35.5. The third kappa shape index (κ3) is 17.1. The summed E-state index contributed by atoms with van der Waals surface area (Å²) in [5.74, 6) is -3.17. The SMILES string of the molecule is C=C(C)Cc1cc(OC)c(Cl)c(N(C)C(=O)CC(OC(=O)[C@H](C)N(C)C(=O)CCSC2CC(=O)N(CCNC(=O)C3CCC(CNC(=O)CCc4ccc(C=O)c(C=O)c4)CC3)C2=O)[C@]2(C)OC2[C@H](C)[C@@H]2C[C@](O)([C@@H](/C=C\C)OC)NC(=O)O2)c1. The minimum atomic E-state index is -1.85. The van der Waals surface area contributed by atoms with E-state index < -0.39 is 95.1 Å². The number of halogens is 1. The van der Waals surface area contributed by atoms with Crippen LogP contribution in [-0.2, 0) is 65.4 Å². The lowest BCUT2D eigenvalue weighted by molar-refractivity contribution is -0.162. The van der Waals surface area contributed by atoms with Crippen molar-refractivity contribution >= 4 is 89.1 Å². The number of ether oxygens (including phenoxy) is 5. The lowest BCUT2D eigenvalue weighted by Crippen LogP contribution is -2.63. The molecule has 3 saturated heterocycles. The Bertz CT molecular complexity index is 2880. The Balaban J connectivity index is 0.990. The fourth-order valence-electron chi connectivity index (χ4n) is 11.2. The Morgan fingerprint density at radius 2 is 1.69 bits per heavy atom. The fraction of sp³-hybridized carbons (Fsp3) is 0.574. The molecule has 3 heterocycles. The molecule has 2 aromatic carbocycles. The van der Waals surface area contributed by atoms with Crippen LogP contribution in [0.3, 0.4) is 0 Å². The topological polar surface area (TPSA) is 286 Å². The van der Waals surface area contributed by atoms with Gasteiger partial charge in [-0.05, 0) is 101 Å². The van der Waals surface area contributed by atoms with E-state index in [1.165, 1.54) is 45.0 Å². The van der Waals surface area contributed by atoms with Crippen molar-refractivity contribution in [1.29, 1.82) is 0 Å². The van der Waals surface area contributed by atoms with E-state index in [1.807, 2.05) is 6.92 Å². The number of esters is 1. The lowest BCUT2D eigenvalue weighted by atomic mass is 9.81. The number of rotatable bonds is 30. The maximum absolute atomic E-state index is 14.4. The zero-order valence-electron chi connectivity index (χ0n) is 49.9. The molecule has 9 atom stereocenters. The van der Waals surface area contributed by atoms with Gasteiger partial charge in [0.1, 0.15) is 40.7 Å². The number of aliphatic hydroxyl groups is 1.